The van der Waals surface area contributed by atoms with Gasteiger partial charge in [0, 0.05) is 18.3 Å². The average molecular weight is 262 g/mol. The molecule has 1 aromatic heterocycles. The maximum Gasteiger partial charge on any atom is 0.343 e. The minimum Gasteiger partial charge on any atom is -0.497 e. The highest BCUT2D eigenvalue weighted by Crippen LogP contribution is 2.16. The highest BCUT2D eigenvalue weighted by molar-refractivity contribution is 5.48. The summed E-state index contributed by atoms with van der Waals surface area (Å²) in [6, 6.07) is 7.60. The maximum absolute atomic E-state index is 11.5. The summed E-state index contributed by atoms with van der Waals surface area (Å²) in [5.41, 5.74) is 0.759. The molecule has 0 aliphatic carbocycles. The Hall–Kier alpha value is -2.24. The number of H-pyrrole nitrogens is 1. The summed E-state index contributed by atoms with van der Waals surface area (Å²) < 4.78 is 6.59. The van der Waals surface area contributed by atoms with Gasteiger partial charge in [0.2, 0.25) is 0 Å². The summed E-state index contributed by atoms with van der Waals surface area (Å²) in [6.45, 7) is 3.11. The molecular weight excluding hydrogens is 244 g/mol. The third kappa shape index (κ3) is 3.37. The van der Waals surface area contributed by atoms with Gasteiger partial charge in [-0.1, -0.05) is 13.0 Å². The minimum absolute atomic E-state index is 0.163. The van der Waals surface area contributed by atoms with E-state index in [2.05, 4.69) is 15.4 Å². The number of rotatable bonds is 6. The van der Waals surface area contributed by atoms with Gasteiger partial charge in [0.15, 0.2) is 0 Å². The number of hydrogen-bond donors (Lipinski definition) is 2. The second kappa shape index (κ2) is 6.08. The van der Waals surface area contributed by atoms with Gasteiger partial charge in [0.25, 0.3) is 0 Å². The van der Waals surface area contributed by atoms with Crippen LogP contribution in [0, 0.1) is 0 Å². The predicted molar refractivity (Wildman–Crippen MR) is 73.5 cm³/mol. The number of ether oxygens (including phenoxy) is 1. The largest absolute Gasteiger partial charge is 0.497 e. The molecule has 2 aromatic rings. The third-order valence-corrected chi connectivity index (χ3v) is 2.69. The molecule has 102 valence electrons. The van der Waals surface area contributed by atoms with Gasteiger partial charge in [0.1, 0.15) is 11.6 Å². The van der Waals surface area contributed by atoms with Gasteiger partial charge in [-0.05, 0) is 18.6 Å². The number of benzene rings is 1. The van der Waals surface area contributed by atoms with Gasteiger partial charge in [-0.3, -0.25) is 4.98 Å². The normalized spacial score (nSPS) is 10.4. The lowest BCUT2D eigenvalue weighted by Gasteiger charge is -2.06. The van der Waals surface area contributed by atoms with Crippen LogP contribution >= 0.6 is 0 Å². The van der Waals surface area contributed by atoms with E-state index in [-0.39, 0.29) is 5.69 Å². The van der Waals surface area contributed by atoms with E-state index >= 15 is 0 Å². The van der Waals surface area contributed by atoms with E-state index < -0.39 is 0 Å². The first kappa shape index (κ1) is 13.2. The van der Waals surface area contributed by atoms with Gasteiger partial charge < -0.3 is 10.1 Å². The highest BCUT2D eigenvalue weighted by atomic mass is 16.5. The lowest BCUT2D eigenvalue weighted by Crippen LogP contribution is -2.17. The molecule has 0 atom stereocenters. The molecule has 0 aliphatic heterocycles. The quantitative estimate of drug-likeness (QED) is 0.829. The zero-order valence-corrected chi connectivity index (χ0v) is 11.1. The van der Waals surface area contributed by atoms with Gasteiger partial charge in [0.05, 0.1) is 13.7 Å². The standard InChI is InChI=1S/C13H18N4O2/c1-3-7-17-13(18)15-12(16-17)9-14-10-5-4-6-11(8-10)19-2/h4-6,8,14H,3,7,9H2,1-2H3,(H,15,16,18). The molecule has 0 radical (unpaired) electrons. The van der Waals surface area contributed by atoms with Crippen LogP contribution in [0.1, 0.15) is 19.2 Å². The number of methoxy groups -OCH3 is 1. The van der Waals surface area contributed by atoms with E-state index in [9.17, 15) is 4.79 Å². The molecule has 0 bridgehead atoms. The zero-order chi connectivity index (χ0) is 13.7. The molecule has 1 heterocycles. The molecule has 19 heavy (non-hydrogen) atoms. The van der Waals surface area contributed by atoms with Gasteiger partial charge >= 0.3 is 5.69 Å². The van der Waals surface area contributed by atoms with Crippen LogP contribution in [0.5, 0.6) is 5.75 Å². The van der Waals surface area contributed by atoms with Gasteiger partial charge in [-0.2, -0.15) is 5.10 Å². The van der Waals surface area contributed by atoms with Gasteiger partial charge in [-0.15, -0.1) is 0 Å². The molecule has 0 spiro atoms. The summed E-state index contributed by atoms with van der Waals surface area (Å²) in [6.07, 6.45) is 0.882. The number of hydrogen-bond acceptors (Lipinski definition) is 4. The van der Waals surface area contributed by atoms with E-state index in [0.29, 0.717) is 18.9 Å². The minimum atomic E-state index is -0.163. The van der Waals surface area contributed by atoms with Crippen molar-refractivity contribution in [2.75, 3.05) is 12.4 Å². The third-order valence-electron chi connectivity index (χ3n) is 2.69. The smallest absolute Gasteiger partial charge is 0.343 e. The molecule has 6 heteroatoms. The van der Waals surface area contributed by atoms with Crippen molar-refractivity contribution in [3.63, 3.8) is 0 Å². The summed E-state index contributed by atoms with van der Waals surface area (Å²) in [5, 5.41) is 7.40. The molecule has 0 unspecified atom stereocenters. The number of aromatic nitrogens is 3. The van der Waals surface area contributed by atoms with E-state index in [1.807, 2.05) is 31.2 Å². The first-order valence-electron chi connectivity index (χ1n) is 6.27. The van der Waals surface area contributed by atoms with Crippen LogP contribution in [0.2, 0.25) is 0 Å². The number of nitrogens with zero attached hydrogens (tertiary/aromatic N) is 2. The number of aromatic amines is 1. The van der Waals surface area contributed by atoms with Gasteiger partial charge in [-0.25, -0.2) is 9.48 Å². The van der Waals surface area contributed by atoms with Crippen molar-refractivity contribution in [3.05, 3.63) is 40.6 Å². The monoisotopic (exact) mass is 262 g/mol. The van der Waals surface area contributed by atoms with Crippen LogP contribution in [0.3, 0.4) is 0 Å². The summed E-state index contributed by atoms with van der Waals surface area (Å²) in [7, 11) is 1.63. The fraction of sp³-hybridized carbons (Fsp3) is 0.385. The SMILES string of the molecule is CCCn1nc(CNc2cccc(OC)c2)[nH]c1=O. The molecule has 0 fully saturated rings. The molecule has 0 saturated heterocycles. The van der Waals surface area contributed by atoms with Crippen LogP contribution in [-0.4, -0.2) is 21.9 Å². The Morgan fingerprint density at radius 2 is 2.32 bits per heavy atom. The predicted octanol–water partition coefficient (Wildman–Crippen LogP) is 1.60. The first-order valence-corrected chi connectivity index (χ1v) is 6.27. The first-order chi connectivity index (χ1) is 9.22. The lowest BCUT2D eigenvalue weighted by molar-refractivity contribution is 0.415. The molecule has 2 N–H and O–H groups in total. The Bertz CT molecular complexity index is 588. The average Bonchev–Trinajstić information content (AvgIpc) is 2.78. The highest BCUT2D eigenvalue weighted by Gasteiger charge is 2.04. The van der Waals surface area contributed by atoms with E-state index in [0.717, 1.165) is 17.9 Å². The molecule has 0 aliphatic rings. The Morgan fingerprint density at radius 1 is 1.47 bits per heavy atom. The molecule has 0 amide bonds. The van der Waals surface area contributed by atoms with Crippen molar-refractivity contribution in [1.29, 1.82) is 0 Å². The van der Waals surface area contributed by atoms with Crippen molar-refractivity contribution in [3.8, 4) is 5.75 Å². The maximum atomic E-state index is 11.5. The lowest BCUT2D eigenvalue weighted by atomic mass is 10.3. The van der Waals surface area contributed by atoms with E-state index in [4.69, 9.17) is 4.74 Å². The summed E-state index contributed by atoms with van der Waals surface area (Å²) >= 11 is 0. The molecule has 6 nitrogen and oxygen atoms in total. The summed E-state index contributed by atoms with van der Waals surface area (Å²) in [4.78, 5) is 14.3. The van der Waals surface area contributed by atoms with Crippen molar-refractivity contribution in [1.82, 2.24) is 14.8 Å². The molecular formula is C13H18N4O2. The second-order valence-electron chi connectivity index (χ2n) is 4.19. The van der Waals surface area contributed by atoms with Crippen molar-refractivity contribution in [2.45, 2.75) is 26.4 Å². The van der Waals surface area contributed by atoms with E-state index in [1.54, 1.807) is 7.11 Å². The Morgan fingerprint density at radius 3 is 3.05 bits per heavy atom. The van der Waals surface area contributed by atoms with Crippen LogP contribution < -0.4 is 15.7 Å². The molecule has 2 rings (SSSR count). The fourth-order valence-electron chi connectivity index (χ4n) is 1.77. The number of nitrogens with one attached hydrogen (secondary N) is 2. The Labute approximate surface area is 111 Å². The van der Waals surface area contributed by atoms with Crippen LogP contribution in [0.15, 0.2) is 29.1 Å². The van der Waals surface area contributed by atoms with Crippen molar-refractivity contribution < 1.29 is 4.74 Å². The summed E-state index contributed by atoms with van der Waals surface area (Å²) in [5.74, 6) is 1.41. The fourth-order valence-corrected chi connectivity index (χ4v) is 1.77. The van der Waals surface area contributed by atoms with Crippen LogP contribution in [-0.2, 0) is 13.1 Å². The number of anilines is 1. The second-order valence-corrected chi connectivity index (χ2v) is 4.19. The van der Waals surface area contributed by atoms with Crippen LogP contribution in [0.4, 0.5) is 5.69 Å². The van der Waals surface area contributed by atoms with Crippen molar-refractivity contribution >= 4 is 5.69 Å². The zero-order valence-electron chi connectivity index (χ0n) is 11.1. The van der Waals surface area contributed by atoms with Crippen LogP contribution in [0.25, 0.3) is 0 Å². The molecule has 0 saturated carbocycles. The van der Waals surface area contributed by atoms with E-state index in [1.165, 1.54) is 4.68 Å². The Kier molecular flexibility index (Phi) is 4.22. The Balaban J connectivity index is 2.01. The number of aryl methyl sites for hydroxylation is 1. The van der Waals surface area contributed by atoms with Crippen molar-refractivity contribution in [2.24, 2.45) is 0 Å². The molecule has 1 aromatic carbocycles. The topological polar surface area (TPSA) is 71.9 Å².